The largest absolute Gasteiger partial charge is 0.503 e. The SMILES string of the molecule is COc1cc([C@H]2C3=CC[C@@H]4C(=O)N(CCCCCC(=O)O)C(=O)[C@@H]4[C@@H]3C[C@H]3C(=O)N(Nc4ccc(F)cc4)C(=O)[C@@]23c2ccc(Cl)cc2)cc(Br)c1O. The quantitative estimate of drug-likeness (QED) is 0.111. The number of carbonyl (C=O) groups is 5. The van der Waals surface area contributed by atoms with E-state index in [0.29, 0.717) is 46.7 Å². The summed E-state index contributed by atoms with van der Waals surface area (Å²) in [5.41, 5.74) is 3.36. The molecule has 0 bridgehead atoms. The van der Waals surface area contributed by atoms with Gasteiger partial charge >= 0.3 is 5.97 Å². The molecule has 0 unspecified atom stereocenters. The van der Waals surface area contributed by atoms with Gasteiger partial charge in [0.25, 0.3) is 11.8 Å². The van der Waals surface area contributed by atoms with Crippen LogP contribution in [0, 0.1) is 29.5 Å². The van der Waals surface area contributed by atoms with Crippen molar-refractivity contribution in [2.45, 2.75) is 49.9 Å². The number of carboxylic acid groups (broad SMARTS) is 1. The average Bonchev–Trinajstić information content (AvgIpc) is 3.50. The minimum Gasteiger partial charge on any atom is -0.503 e. The Labute approximate surface area is 317 Å². The number of rotatable bonds is 11. The Kier molecular flexibility index (Phi) is 9.83. The summed E-state index contributed by atoms with van der Waals surface area (Å²) in [5.74, 6) is -7.24. The van der Waals surface area contributed by atoms with Gasteiger partial charge in [-0.2, -0.15) is 5.01 Å². The molecule has 3 aromatic carbocycles. The lowest BCUT2D eigenvalue weighted by Crippen LogP contribution is -2.53. The Morgan fingerprint density at radius 1 is 1.00 bits per heavy atom. The molecule has 2 aliphatic carbocycles. The Balaban J connectivity index is 1.37. The van der Waals surface area contributed by atoms with Gasteiger partial charge in [-0.05, 0) is 107 Å². The first kappa shape index (κ1) is 36.6. The number of imide groups is 2. The standard InChI is InChI=1S/C39H36BrClFN3O8/c1-53-30-18-20(17-29(40)34(30)48)33-25-14-15-26-32(37(51)44(35(26)49)16-4-2-3-5-31(46)47)27(25)19-28-36(50)45(43-24-12-10-23(42)11-13-24)38(52)39(28,33)21-6-8-22(41)9-7-21/h6-14,17-18,26-28,32-33,43,48H,2-5,15-16,19H2,1H3,(H,46,47)/t26-,27+,28-,32-,33-,39+/m0/s1. The molecule has 6 atom stereocenters. The Hall–Kier alpha value is -4.75. The number of aliphatic carboxylic acids is 1. The number of nitrogens with zero attached hydrogens (tertiary/aromatic N) is 2. The molecular formula is C39H36BrClFN3O8. The molecule has 2 aliphatic heterocycles. The molecule has 0 radical (unpaired) electrons. The number of anilines is 1. The third kappa shape index (κ3) is 6.07. The molecular weight excluding hydrogens is 773 g/mol. The minimum absolute atomic E-state index is 0.00140. The van der Waals surface area contributed by atoms with Crippen LogP contribution in [0.2, 0.25) is 5.02 Å². The summed E-state index contributed by atoms with van der Waals surface area (Å²) in [6, 6.07) is 15.2. The molecule has 3 N–H and O–H groups in total. The smallest absolute Gasteiger partial charge is 0.303 e. The van der Waals surface area contributed by atoms with Crippen LogP contribution in [0.3, 0.4) is 0 Å². The molecule has 4 aliphatic rings. The number of halogens is 3. The highest BCUT2D eigenvalue weighted by Gasteiger charge is 2.70. The number of likely N-dealkylation sites (tertiary alicyclic amines) is 1. The molecule has 11 nitrogen and oxygen atoms in total. The number of carbonyl (C=O) groups excluding carboxylic acids is 4. The fraction of sp³-hybridized carbons (Fsp3) is 0.359. The molecule has 2 heterocycles. The van der Waals surface area contributed by atoms with Gasteiger partial charge in [-0.15, -0.1) is 0 Å². The maximum Gasteiger partial charge on any atom is 0.303 e. The number of aromatic hydroxyl groups is 1. The monoisotopic (exact) mass is 807 g/mol. The van der Waals surface area contributed by atoms with Crippen LogP contribution in [0.15, 0.2) is 76.8 Å². The molecule has 276 valence electrons. The van der Waals surface area contributed by atoms with E-state index >= 15 is 4.79 Å². The zero-order valence-corrected chi connectivity index (χ0v) is 30.9. The molecule has 7 rings (SSSR count). The fourth-order valence-corrected chi connectivity index (χ4v) is 9.54. The Morgan fingerprint density at radius 2 is 1.72 bits per heavy atom. The number of phenols is 1. The van der Waals surface area contributed by atoms with Crippen molar-refractivity contribution < 1.29 is 43.3 Å². The highest BCUT2D eigenvalue weighted by molar-refractivity contribution is 9.10. The normalized spacial score (nSPS) is 26.3. The van der Waals surface area contributed by atoms with Crippen molar-refractivity contribution in [2.24, 2.45) is 23.7 Å². The molecule has 2 saturated heterocycles. The molecule has 3 fully saturated rings. The molecule has 0 spiro atoms. The Bertz CT molecular complexity index is 2040. The first-order chi connectivity index (χ1) is 25.4. The number of hydrogen-bond acceptors (Lipinski definition) is 8. The van der Waals surface area contributed by atoms with Crippen LogP contribution in [-0.4, -0.2) is 63.4 Å². The highest BCUT2D eigenvalue weighted by Crippen LogP contribution is 2.64. The van der Waals surface area contributed by atoms with Crippen molar-refractivity contribution in [2.75, 3.05) is 19.1 Å². The zero-order chi connectivity index (χ0) is 37.8. The second kappa shape index (κ2) is 14.2. The lowest BCUT2D eigenvalue weighted by Gasteiger charge is -2.50. The van der Waals surface area contributed by atoms with Crippen LogP contribution >= 0.6 is 27.5 Å². The van der Waals surface area contributed by atoms with Gasteiger partial charge < -0.3 is 14.9 Å². The maximum absolute atomic E-state index is 15.3. The second-order valence-corrected chi connectivity index (χ2v) is 15.3. The van der Waals surface area contributed by atoms with Crippen LogP contribution in [0.5, 0.6) is 11.5 Å². The van der Waals surface area contributed by atoms with Gasteiger partial charge in [-0.25, -0.2) is 4.39 Å². The van der Waals surface area contributed by atoms with Crippen molar-refractivity contribution >= 4 is 62.8 Å². The van der Waals surface area contributed by atoms with Crippen molar-refractivity contribution in [1.82, 2.24) is 9.91 Å². The lowest BCUT2D eigenvalue weighted by atomic mass is 9.49. The number of amides is 4. The van der Waals surface area contributed by atoms with Gasteiger partial charge in [0.15, 0.2) is 11.5 Å². The van der Waals surface area contributed by atoms with E-state index in [0.717, 1.165) is 5.01 Å². The van der Waals surface area contributed by atoms with Crippen LogP contribution in [0.1, 0.15) is 55.6 Å². The van der Waals surface area contributed by atoms with Crippen LogP contribution in [0.25, 0.3) is 0 Å². The van der Waals surface area contributed by atoms with E-state index in [1.54, 1.807) is 36.4 Å². The molecule has 0 aromatic heterocycles. The van der Waals surface area contributed by atoms with Gasteiger partial charge in [0.05, 0.1) is 40.4 Å². The molecule has 1 saturated carbocycles. The van der Waals surface area contributed by atoms with Crippen LogP contribution in [-0.2, 0) is 29.4 Å². The number of hydrazine groups is 1. The predicted molar refractivity (Wildman–Crippen MR) is 194 cm³/mol. The van der Waals surface area contributed by atoms with Gasteiger partial charge in [-0.3, -0.25) is 34.3 Å². The summed E-state index contributed by atoms with van der Waals surface area (Å²) in [6.07, 6.45) is 3.63. The van der Waals surface area contributed by atoms with Crippen molar-refractivity contribution in [3.63, 3.8) is 0 Å². The molecule has 4 amide bonds. The van der Waals surface area contributed by atoms with E-state index < -0.39 is 58.6 Å². The lowest BCUT2D eigenvalue weighted by molar-refractivity contribution is -0.141. The van der Waals surface area contributed by atoms with Crippen molar-refractivity contribution in [3.8, 4) is 11.5 Å². The second-order valence-electron chi connectivity index (χ2n) is 14.0. The van der Waals surface area contributed by atoms with E-state index in [9.17, 15) is 28.7 Å². The Morgan fingerprint density at radius 3 is 2.40 bits per heavy atom. The number of unbranched alkanes of at least 4 members (excludes halogenated alkanes) is 2. The highest BCUT2D eigenvalue weighted by atomic mass is 79.9. The van der Waals surface area contributed by atoms with Gasteiger partial charge in [0.1, 0.15) is 5.82 Å². The molecule has 53 heavy (non-hydrogen) atoms. The number of carboxylic acids is 1. The van der Waals surface area contributed by atoms with Crippen LogP contribution in [0.4, 0.5) is 10.1 Å². The third-order valence-corrected chi connectivity index (χ3v) is 12.1. The third-order valence-electron chi connectivity index (χ3n) is 11.2. The van der Waals surface area contributed by atoms with Gasteiger partial charge in [0, 0.05) is 23.9 Å². The summed E-state index contributed by atoms with van der Waals surface area (Å²) in [6.45, 7) is 0.156. The topological polar surface area (TPSA) is 154 Å². The first-order valence-electron chi connectivity index (χ1n) is 17.4. The van der Waals surface area contributed by atoms with E-state index in [2.05, 4.69) is 21.4 Å². The summed E-state index contributed by atoms with van der Waals surface area (Å²) in [7, 11) is 1.40. The first-order valence-corrected chi connectivity index (χ1v) is 18.6. The number of phenolic OH excluding ortho intramolecular Hbond substituents is 1. The minimum atomic E-state index is -1.60. The van der Waals surface area contributed by atoms with E-state index in [4.69, 9.17) is 21.4 Å². The molecule has 14 heteroatoms. The average molecular weight is 809 g/mol. The van der Waals surface area contributed by atoms with E-state index in [1.807, 2.05) is 6.08 Å². The number of benzene rings is 3. The summed E-state index contributed by atoms with van der Waals surface area (Å²) in [4.78, 5) is 70.4. The van der Waals surface area contributed by atoms with E-state index in [-0.39, 0.29) is 53.6 Å². The van der Waals surface area contributed by atoms with Crippen molar-refractivity contribution in [3.05, 3.63) is 98.8 Å². The number of allylic oxidation sites excluding steroid dienone is 2. The fourth-order valence-electron chi connectivity index (χ4n) is 8.95. The van der Waals surface area contributed by atoms with Gasteiger partial charge in [0.2, 0.25) is 11.8 Å². The number of fused-ring (bicyclic) bond motifs is 4. The number of nitrogens with one attached hydrogen (secondary N) is 1. The zero-order valence-electron chi connectivity index (χ0n) is 28.6. The van der Waals surface area contributed by atoms with Crippen LogP contribution < -0.4 is 10.2 Å². The number of methoxy groups -OCH3 is 1. The van der Waals surface area contributed by atoms with Crippen molar-refractivity contribution in [1.29, 1.82) is 0 Å². The summed E-state index contributed by atoms with van der Waals surface area (Å²) in [5, 5.41) is 21.2. The summed E-state index contributed by atoms with van der Waals surface area (Å²) >= 11 is 9.79. The number of ether oxygens (including phenoxy) is 1. The van der Waals surface area contributed by atoms with Gasteiger partial charge in [-0.1, -0.05) is 41.8 Å². The number of hydrogen-bond donors (Lipinski definition) is 3. The summed E-state index contributed by atoms with van der Waals surface area (Å²) < 4.78 is 19.7. The molecule has 3 aromatic rings. The maximum atomic E-state index is 15.3. The predicted octanol–water partition coefficient (Wildman–Crippen LogP) is 6.59. The van der Waals surface area contributed by atoms with E-state index in [1.165, 1.54) is 36.3 Å².